The number of β-amino-alcohol motifs (C(OH)–C–C–N with tert-alkyl or cyclic N) is 1. The van der Waals surface area contributed by atoms with Crippen molar-refractivity contribution in [1.29, 1.82) is 0 Å². The van der Waals surface area contributed by atoms with Crippen molar-refractivity contribution in [1.82, 2.24) is 57.4 Å². The van der Waals surface area contributed by atoms with E-state index in [2.05, 4.69) is 98.4 Å². The predicted octanol–water partition coefficient (Wildman–Crippen LogP) is -7.16. The number of carbonyl (C=O) groups is 9. The van der Waals surface area contributed by atoms with Crippen LogP contribution in [0.4, 0.5) is 0 Å². The number of rotatable bonds is 51. The predicted molar refractivity (Wildman–Crippen MR) is 417 cm³/mol. The lowest BCUT2D eigenvalue weighted by atomic mass is 10.0. The summed E-state index contributed by atoms with van der Waals surface area (Å²) in [6.07, 6.45) is 1.53. The molecule has 0 aliphatic carbocycles. The van der Waals surface area contributed by atoms with Gasteiger partial charge in [0.05, 0.1) is 24.2 Å². The van der Waals surface area contributed by atoms with Crippen LogP contribution in [0.25, 0.3) is 20.3 Å². The van der Waals surface area contributed by atoms with Crippen molar-refractivity contribution in [2.24, 2.45) is 110 Å². The summed E-state index contributed by atoms with van der Waals surface area (Å²) in [6, 6.07) is -4.70. The van der Waals surface area contributed by atoms with Crippen molar-refractivity contribution in [3.8, 4) is 0 Å². The summed E-state index contributed by atoms with van der Waals surface area (Å²) < 4.78 is 2.21. The standard InChI is InChI=1S/C64H110BrN31O11S/c65-34-20-21-45-36(30-34)48-49(108-45)58(107)95-46(94-48)33-96-32-35(97)31-44(96)57(106)80-23-5-1-2-19-47(98)87-38(13-6-24-81-59(68)69)51(100)89-40(15-8-26-83-61(72)73)53(102)91-42(17-10-28-85-63(76)77)55(104)93-43(18-11-29-86-64(78)79)56(105)92-41(16-9-27-84-62(74)75)54(103)90-39(14-7-25-82-60(70)71)52(101)88-37(50(67)99)12-3-4-22-66/h20-21,30,35,37-44,97H,1-19,22-29,31-33,66H2,(H2,67,99)(H,80,106)(H,87,98)(H,88,101)(H,89,100)(H,90,103)(H,91,102)(H,92,105)(H,93,104)(H4,68,69,81)(H4,70,71,82)(H4,72,73,83)(H4,74,75,84)(H4,76,77,85)(H4,78,79,86)(H,94,95,107). The molecule has 1 fully saturated rings. The first-order valence-corrected chi connectivity index (χ1v) is 37.2. The second-order valence-corrected chi connectivity index (χ2v) is 27.7. The van der Waals surface area contributed by atoms with Gasteiger partial charge < -0.3 is 133 Å². The van der Waals surface area contributed by atoms with E-state index >= 15 is 0 Å². The van der Waals surface area contributed by atoms with Crippen LogP contribution < -0.4 is 128 Å². The molecule has 600 valence electrons. The number of primary amides is 1. The Hall–Kier alpha value is -10.5. The number of nitrogens with one attached hydrogen (secondary N) is 9. The Bertz CT molecular complexity index is 3720. The normalized spacial score (nSPS) is 15.2. The first-order valence-electron chi connectivity index (χ1n) is 35.6. The number of carbonyl (C=O) groups excluding carboxylic acids is 9. The minimum atomic E-state index is -1.51. The van der Waals surface area contributed by atoms with Crippen LogP contribution in [0, 0.1) is 0 Å². The summed E-state index contributed by atoms with van der Waals surface area (Å²) in [5.41, 5.74) is 78.6. The summed E-state index contributed by atoms with van der Waals surface area (Å²) in [6.45, 7) is 0.803. The number of aliphatic hydroxyl groups is 1. The fraction of sp³-hybridized carbons (Fsp3) is 0.609. The summed E-state index contributed by atoms with van der Waals surface area (Å²) in [5.74, 6) is -8.15. The van der Waals surface area contributed by atoms with Gasteiger partial charge in [0.2, 0.25) is 53.2 Å². The van der Waals surface area contributed by atoms with E-state index in [1.54, 1.807) is 4.90 Å². The van der Waals surface area contributed by atoms with Gasteiger partial charge in [-0.3, -0.25) is 82.8 Å². The number of nitrogens with zero attached hydrogens (tertiary/aromatic N) is 8. The molecule has 4 rings (SSSR count). The van der Waals surface area contributed by atoms with Gasteiger partial charge in [0.25, 0.3) is 5.56 Å². The Labute approximate surface area is 636 Å². The van der Waals surface area contributed by atoms with Crippen LogP contribution in [0.15, 0.2) is 57.4 Å². The molecule has 9 atom stereocenters. The van der Waals surface area contributed by atoms with Gasteiger partial charge in [0.15, 0.2) is 35.8 Å². The van der Waals surface area contributed by atoms with E-state index in [4.69, 9.17) is 80.3 Å². The number of aromatic amines is 1. The number of guanidine groups is 6. The number of hydrogen-bond donors (Lipinski definition) is 24. The number of likely N-dealkylation sites (tertiary alicyclic amines) is 1. The molecule has 42 nitrogen and oxygen atoms in total. The van der Waals surface area contributed by atoms with E-state index in [0.717, 1.165) is 14.6 Å². The van der Waals surface area contributed by atoms with Crippen molar-refractivity contribution >= 4 is 136 Å². The number of unbranched alkanes of at least 4 members (excludes halogenated alkanes) is 3. The molecule has 2 aromatic heterocycles. The number of fused-ring (bicyclic) bond motifs is 3. The van der Waals surface area contributed by atoms with E-state index in [0.29, 0.717) is 54.7 Å². The van der Waals surface area contributed by atoms with Gasteiger partial charge in [-0.2, -0.15) is 4.98 Å². The van der Waals surface area contributed by atoms with Gasteiger partial charge >= 0.3 is 0 Å². The van der Waals surface area contributed by atoms with Gasteiger partial charge in [-0.25, -0.2) is 0 Å². The lowest BCUT2D eigenvalue weighted by molar-refractivity contribution is -0.136. The molecule has 1 saturated heterocycles. The minimum absolute atomic E-state index is 0.0117. The average Bonchev–Trinajstić information content (AvgIpc) is 1.61. The molecule has 0 spiro atoms. The Kier molecular flexibility index (Phi) is 39.9. The zero-order chi connectivity index (χ0) is 79.8. The van der Waals surface area contributed by atoms with Crippen LogP contribution in [0.5, 0.6) is 0 Å². The zero-order valence-corrected chi connectivity index (χ0v) is 63.0. The van der Waals surface area contributed by atoms with E-state index in [1.165, 1.54) is 11.3 Å². The van der Waals surface area contributed by atoms with Crippen LogP contribution in [0.1, 0.15) is 134 Å². The number of amides is 9. The van der Waals surface area contributed by atoms with Gasteiger partial charge in [0, 0.05) is 73.3 Å². The second kappa shape index (κ2) is 48.0. The third kappa shape index (κ3) is 34.0. The zero-order valence-electron chi connectivity index (χ0n) is 60.6. The number of aromatic nitrogens is 2. The van der Waals surface area contributed by atoms with Crippen molar-refractivity contribution < 1.29 is 48.3 Å². The monoisotopic (exact) mass is 1600 g/mol. The number of benzene rings is 1. The van der Waals surface area contributed by atoms with Crippen molar-refractivity contribution in [2.75, 3.05) is 58.9 Å². The number of aliphatic hydroxyl groups excluding tert-OH is 1. The van der Waals surface area contributed by atoms with E-state index in [9.17, 15) is 53.1 Å². The van der Waals surface area contributed by atoms with Crippen LogP contribution in [-0.4, -0.2) is 222 Å². The fourth-order valence-corrected chi connectivity index (χ4v) is 12.9. The maximum Gasteiger partial charge on any atom is 0.290 e. The maximum atomic E-state index is 14.8. The van der Waals surface area contributed by atoms with E-state index < -0.39 is 107 Å². The van der Waals surface area contributed by atoms with Gasteiger partial charge in [-0.05, 0) is 140 Å². The van der Waals surface area contributed by atoms with E-state index in [1.807, 2.05) is 18.2 Å². The lowest BCUT2D eigenvalue weighted by Crippen LogP contribution is -2.60. The number of hydrogen-bond acceptors (Lipinski definition) is 21. The number of aliphatic imine (C=N–C) groups is 6. The molecule has 0 saturated carbocycles. The van der Waals surface area contributed by atoms with Gasteiger partial charge in [-0.1, -0.05) is 22.4 Å². The Balaban J connectivity index is 1.55. The summed E-state index contributed by atoms with van der Waals surface area (Å²) >= 11 is 4.82. The second-order valence-electron chi connectivity index (χ2n) is 25.7. The molecule has 0 bridgehead atoms. The highest BCUT2D eigenvalue weighted by Crippen LogP contribution is 2.33. The van der Waals surface area contributed by atoms with E-state index in [-0.39, 0.29) is 197 Å². The Morgan fingerprint density at radius 2 is 0.898 bits per heavy atom. The molecule has 1 aliphatic rings. The molecule has 44 heteroatoms. The van der Waals surface area contributed by atoms with Crippen LogP contribution in [0.2, 0.25) is 0 Å². The van der Waals surface area contributed by atoms with Crippen LogP contribution >= 0.6 is 27.3 Å². The highest BCUT2D eigenvalue weighted by Gasteiger charge is 2.38. The van der Waals surface area contributed by atoms with Gasteiger partial charge in [0.1, 0.15) is 52.8 Å². The molecule has 38 N–H and O–H groups in total. The Morgan fingerprint density at radius 1 is 0.519 bits per heavy atom. The van der Waals surface area contributed by atoms with Gasteiger partial charge in [-0.15, -0.1) is 11.3 Å². The highest BCUT2D eigenvalue weighted by atomic mass is 79.9. The topological polar surface area (TPSA) is 758 Å². The van der Waals surface area contributed by atoms with Crippen molar-refractivity contribution in [3.05, 3.63) is 38.9 Å². The molecule has 1 aromatic carbocycles. The summed E-state index contributed by atoms with van der Waals surface area (Å²) in [4.78, 5) is 173. The SMILES string of the molecule is NCCCCC(NC(=O)C(CCCN=C(N)N)NC(=O)C(CCCN=C(N)N)NC(=O)C(CCCN=C(N)N)NC(=O)C(CCCN=C(N)N)NC(=O)C(CCCN=C(N)N)NC(=O)C(CCCN=C(N)N)NC(=O)CCCCCNC(=O)C1CC(O)CN1Cc1nc(=O)c2sc3ccc(Br)cc3c2[nH]1)C(N)=O. The minimum Gasteiger partial charge on any atom is -0.392 e. The van der Waals surface area contributed by atoms with Crippen LogP contribution in [-0.2, 0) is 49.7 Å². The first-order chi connectivity index (χ1) is 51.3. The molecule has 9 amide bonds. The van der Waals surface area contributed by atoms with Crippen molar-refractivity contribution in [3.63, 3.8) is 0 Å². The number of halogens is 1. The summed E-state index contributed by atoms with van der Waals surface area (Å²) in [7, 11) is 0. The molecule has 0 radical (unpaired) electrons. The Morgan fingerprint density at radius 3 is 1.28 bits per heavy atom. The fourth-order valence-electron chi connectivity index (χ4n) is 11.5. The van der Waals surface area contributed by atoms with Crippen LogP contribution in [0.3, 0.4) is 0 Å². The molecule has 3 aromatic rings. The largest absolute Gasteiger partial charge is 0.392 e. The number of thiophene rings is 1. The molecular formula is C64H110BrN31O11S. The molecule has 3 heterocycles. The molecule has 108 heavy (non-hydrogen) atoms. The average molecular weight is 1600 g/mol. The molecule has 9 unspecified atom stereocenters. The maximum absolute atomic E-state index is 14.8. The number of nitrogens with two attached hydrogens (primary N) is 14. The lowest BCUT2D eigenvalue weighted by Gasteiger charge is -2.28. The van der Waals surface area contributed by atoms with Crippen molar-refractivity contribution in [2.45, 2.75) is 189 Å². The number of H-pyrrole nitrogens is 1. The third-order valence-electron chi connectivity index (χ3n) is 16.9. The first kappa shape index (κ1) is 89.9. The smallest absolute Gasteiger partial charge is 0.290 e. The third-order valence-corrected chi connectivity index (χ3v) is 18.5. The quantitative estimate of drug-likeness (QED) is 0.0142. The molecule has 1 aliphatic heterocycles. The highest BCUT2D eigenvalue weighted by molar-refractivity contribution is 9.10. The summed E-state index contributed by atoms with van der Waals surface area (Å²) in [5, 5.41) is 33.2. The molecular weight excluding hydrogens is 1490 g/mol.